The van der Waals surface area contributed by atoms with Crippen LogP contribution in [0.25, 0.3) is 11.1 Å². The highest BCUT2D eigenvalue weighted by molar-refractivity contribution is 7.80. The standard InChI is InChI=1S/C12H16N2O2S/c1-13-9(5-6-17)8-3-4-11-10(7-8)14(2)12(15)16-11/h3-4,7,9,13,17H,5-6H2,1-2H3. The molecule has 1 N–H and O–H groups in total. The number of rotatable bonds is 4. The molecule has 17 heavy (non-hydrogen) atoms. The van der Waals surface area contributed by atoms with E-state index in [2.05, 4.69) is 17.9 Å². The van der Waals surface area contributed by atoms with Crippen molar-refractivity contribution < 1.29 is 4.42 Å². The summed E-state index contributed by atoms with van der Waals surface area (Å²) in [5, 5.41) is 3.24. The fraction of sp³-hybridized carbons (Fsp3) is 0.417. The minimum absolute atomic E-state index is 0.252. The number of fused-ring (bicyclic) bond motifs is 1. The summed E-state index contributed by atoms with van der Waals surface area (Å²) in [5.74, 6) is 0.487. The summed E-state index contributed by atoms with van der Waals surface area (Å²) in [6, 6.07) is 6.07. The molecule has 0 radical (unpaired) electrons. The lowest BCUT2D eigenvalue weighted by Crippen LogP contribution is -2.17. The Balaban J connectivity index is 2.49. The van der Waals surface area contributed by atoms with Gasteiger partial charge in [0.2, 0.25) is 0 Å². The minimum Gasteiger partial charge on any atom is -0.408 e. The van der Waals surface area contributed by atoms with Gasteiger partial charge in [-0.15, -0.1) is 0 Å². The maximum absolute atomic E-state index is 11.4. The van der Waals surface area contributed by atoms with Crippen LogP contribution >= 0.6 is 12.6 Å². The van der Waals surface area contributed by atoms with Crippen LogP contribution in [-0.2, 0) is 7.05 Å². The van der Waals surface area contributed by atoms with E-state index in [1.165, 1.54) is 4.57 Å². The van der Waals surface area contributed by atoms with Crippen molar-refractivity contribution in [3.05, 3.63) is 34.3 Å². The summed E-state index contributed by atoms with van der Waals surface area (Å²) in [6.07, 6.45) is 0.941. The minimum atomic E-state index is -0.327. The lowest BCUT2D eigenvalue weighted by Gasteiger charge is -2.15. The van der Waals surface area contributed by atoms with Crippen molar-refractivity contribution in [3.63, 3.8) is 0 Å². The summed E-state index contributed by atoms with van der Waals surface area (Å²) in [4.78, 5) is 11.4. The lowest BCUT2D eigenvalue weighted by atomic mass is 10.0. The summed E-state index contributed by atoms with van der Waals surface area (Å²) >= 11 is 4.25. The molecule has 1 aromatic carbocycles. The molecule has 0 amide bonds. The molecule has 4 nitrogen and oxygen atoms in total. The van der Waals surface area contributed by atoms with Crippen LogP contribution in [0.2, 0.25) is 0 Å². The largest absolute Gasteiger partial charge is 0.419 e. The number of oxazole rings is 1. The molecule has 1 unspecified atom stereocenters. The van der Waals surface area contributed by atoms with Gasteiger partial charge in [0, 0.05) is 13.1 Å². The highest BCUT2D eigenvalue weighted by Gasteiger charge is 2.12. The third kappa shape index (κ3) is 2.25. The van der Waals surface area contributed by atoms with Gasteiger partial charge in [0.1, 0.15) is 0 Å². The molecule has 1 atom stereocenters. The molecule has 5 heteroatoms. The van der Waals surface area contributed by atoms with E-state index in [-0.39, 0.29) is 11.8 Å². The number of aryl methyl sites for hydroxylation is 1. The van der Waals surface area contributed by atoms with Gasteiger partial charge in [-0.2, -0.15) is 12.6 Å². The van der Waals surface area contributed by atoms with Gasteiger partial charge in [0.15, 0.2) is 5.58 Å². The van der Waals surface area contributed by atoms with Crippen LogP contribution < -0.4 is 11.1 Å². The molecule has 0 saturated carbocycles. The number of nitrogens with one attached hydrogen (secondary N) is 1. The second-order valence-corrected chi connectivity index (χ2v) is 4.45. The van der Waals surface area contributed by atoms with Crippen molar-refractivity contribution in [2.75, 3.05) is 12.8 Å². The maximum Gasteiger partial charge on any atom is 0.419 e. The Morgan fingerprint density at radius 3 is 2.94 bits per heavy atom. The van der Waals surface area contributed by atoms with Gasteiger partial charge in [-0.1, -0.05) is 6.07 Å². The van der Waals surface area contributed by atoms with Crippen LogP contribution in [0, 0.1) is 0 Å². The third-order valence-corrected chi connectivity index (χ3v) is 3.24. The Morgan fingerprint density at radius 1 is 1.53 bits per heavy atom. The first-order chi connectivity index (χ1) is 8.17. The number of nitrogens with zero attached hydrogens (tertiary/aromatic N) is 1. The Hall–Kier alpha value is -1.20. The Kier molecular flexibility index (Phi) is 3.59. The predicted octanol–water partition coefficient (Wildman–Crippen LogP) is 1.71. The number of aromatic nitrogens is 1. The summed E-state index contributed by atoms with van der Waals surface area (Å²) in [6.45, 7) is 0. The van der Waals surface area contributed by atoms with Crippen LogP contribution in [-0.4, -0.2) is 17.4 Å². The second kappa shape index (κ2) is 4.98. The Labute approximate surface area is 105 Å². The summed E-state index contributed by atoms with van der Waals surface area (Å²) < 4.78 is 6.62. The van der Waals surface area contributed by atoms with E-state index < -0.39 is 0 Å². The van der Waals surface area contributed by atoms with Crippen LogP contribution in [0.1, 0.15) is 18.0 Å². The maximum atomic E-state index is 11.4. The molecule has 0 bridgehead atoms. The number of benzene rings is 1. The topological polar surface area (TPSA) is 47.2 Å². The van der Waals surface area contributed by atoms with Gasteiger partial charge in [-0.3, -0.25) is 4.57 Å². The van der Waals surface area contributed by atoms with E-state index in [4.69, 9.17) is 4.42 Å². The number of thiol groups is 1. The zero-order valence-corrected chi connectivity index (χ0v) is 10.8. The SMILES string of the molecule is CNC(CCS)c1ccc2oc(=O)n(C)c2c1. The molecule has 1 aromatic heterocycles. The van der Waals surface area contributed by atoms with Crippen LogP contribution in [0.4, 0.5) is 0 Å². The zero-order valence-electron chi connectivity index (χ0n) is 9.93. The molecule has 0 aliphatic rings. The highest BCUT2D eigenvalue weighted by Crippen LogP contribution is 2.21. The number of hydrogen-bond donors (Lipinski definition) is 2. The summed E-state index contributed by atoms with van der Waals surface area (Å²) in [5.41, 5.74) is 2.60. The first-order valence-electron chi connectivity index (χ1n) is 5.55. The van der Waals surface area contributed by atoms with Gasteiger partial charge in [-0.25, -0.2) is 4.79 Å². The van der Waals surface area contributed by atoms with Crippen LogP contribution in [0.3, 0.4) is 0 Å². The molecule has 92 valence electrons. The first kappa shape index (κ1) is 12.3. The Morgan fingerprint density at radius 2 is 2.29 bits per heavy atom. The van der Waals surface area contributed by atoms with E-state index >= 15 is 0 Å². The van der Waals surface area contributed by atoms with Crippen LogP contribution in [0.5, 0.6) is 0 Å². The quantitative estimate of drug-likeness (QED) is 0.814. The fourth-order valence-corrected chi connectivity index (χ4v) is 2.23. The molecular weight excluding hydrogens is 236 g/mol. The second-order valence-electron chi connectivity index (χ2n) is 4.01. The average molecular weight is 252 g/mol. The van der Waals surface area contributed by atoms with E-state index in [1.54, 1.807) is 7.05 Å². The van der Waals surface area contributed by atoms with Crippen molar-refractivity contribution >= 4 is 23.7 Å². The zero-order chi connectivity index (χ0) is 12.4. The molecule has 2 aromatic rings. The molecule has 2 rings (SSSR count). The van der Waals surface area contributed by atoms with Crippen molar-refractivity contribution in [2.45, 2.75) is 12.5 Å². The first-order valence-corrected chi connectivity index (χ1v) is 6.18. The van der Waals surface area contributed by atoms with Gasteiger partial charge in [0.05, 0.1) is 5.52 Å². The normalized spacial score (nSPS) is 13.1. The van der Waals surface area contributed by atoms with Gasteiger partial charge >= 0.3 is 5.76 Å². The van der Waals surface area contributed by atoms with Crippen molar-refractivity contribution in [3.8, 4) is 0 Å². The molecule has 0 saturated heterocycles. The van der Waals surface area contributed by atoms with Crippen molar-refractivity contribution in [1.82, 2.24) is 9.88 Å². The molecule has 0 spiro atoms. The van der Waals surface area contributed by atoms with Gasteiger partial charge in [0.25, 0.3) is 0 Å². The van der Waals surface area contributed by atoms with E-state index in [0.717, 1.165) is 23.3 Å². The van der Waals surface area contributed by atoms with E-state index in [0.29, 0.717) is 5.58 Å². The molecular formula is C12H16N2O2S. The fourth-order valence-electron chi connectivity index (χ4n) is 1.97. The van der Waals surface area contributed by atoms with Gasteiger partial charge in [-0.05, 0) is 36.9 Å². The smallest absolute Gasteiger partial charge is 0.408 e. The highest BCUT2D eigenvalue weighted by atomic mass is 32.1. The van der Waals surface area contributed by atoms with Crippen LogP contribution in [0.15, 0.2) is 27.4 Å². The molecule has 0 fully saturated rings. The average Bonchev–Trinajstić information content (AvgIpc) is 2.62. The monoisotopic (exact) mass is 252 g/mol. The Bertz CT molecular complexity index is 573. The van der Waals surface area contributed by atoms with E-state index in [1.807, 2.05) is 25.2 Å². The van der Waals surface area contributed by atoms with E-state index in [9.17, 15) is 4.79 Å². The number of hydrogen-bond acceptors (Lipinski definition) is 4. The molecule has 0 aliphatic heterocycles. The summed E-state index contributed by atoms with van der Waals surface area (Å²) in [7, 11) is 3.64. The predicted molar refractivity (Wildman–Crippen MR) is 71.7 cm³/mol. The van der Waals surface area contributed by atoms with Crippen molar-refractivity contribution in [2.24, 2.45) is 7.05 Å². The van der Waals surface area contributed by atoms with Gasteiger partial charge < -0.3 is 9.73 Å². The molecule has 0 aliphatic carbocycles. The van der Waals surface area contributed by atoms with Crippen molar-refractivity contribution in [1.29, 1.82) is 0 Å². The lowest BCUT2D eigenvalue weighted by molar-refractivity contribution is 0.528. The molecule has 1 heterocycles. The third-order valence-electron chi connectivity index (χ3n) is 2.98.